The van der Waals surface area contributed by atoms with Gasteiger partial charge in [0, 0.05) is 17.0 Å². The number of rotatable bonds is 6. The number of nitrogens with zero attached hydrogens (tertiary/aromatic N) is 2. The maximum Gasteiger partial charge on any atom is 0.336 e. The molecule has 0 saturated heterocycles. The van der Waals surface area contributed by atoms with Crippen LogP contribution in [0.1, 0.15) is 56.8 Å². The zero-order valence-corrected chi connectivity index (χ0v) is 18.3. The molecule has 2 aromatic rings. The fourth-order valence-corrected chi connectivity index (χ4v) is 3.81. The summed E-state index contributed by atoms with van der Waals surface area (Å²) in [5, 5.41) is 7.92. The number of unbranched alkanes of at least 4 members (excludes halogenated alkanes) is 1. The summed E-state index contributed by atoms with van der Waals surface area (Å²) in [7, 11) is 0. The molecule has 8 heteroatoms. The van der Waals surface area contributed by atoms with Crippen molar-refractivity contribution in [1.29, 1.82) is 0 Å². The number of carbonyl (C=O) groups excluding carboxylic acids is 1. The topological polar surface area (TPSA) is 77.2 Å². The zero-order chi connectivity index (χ0) is 21.1. The van der Waals surface area contributed by atoms with Gasteiger partial charge in [-0.1, -0.05) is 53.8 Å². The van der Waals surface area contributed by atoms with E-state index in [1.807, 2.05) is 26.8 Å². The molecule has 1 atom stereocenters. The number of nitrogens with one attached hydrogen (secondary N) is 1. The molecule has 29 heavy (non-hydrogen) atoms. The Labute approximate surface area is 179 Å². The van der Waals surface area contributed by atoms with Crippen molar-refractivity contribution >= 4 is 34.7 Å². The number of esters is 1. The van der Waals surface area contributed by atoms with E-state index < -0.39 is 11.9 Å². The van der Waals surface area contributed by atoms with Crippen molar-refractivity contribution in [2.75, 3.05) is 6.61 Å². The zero-order valence-electron chi connectivity index (χ0n) is 16.8. The lowest BCUT2D eigenvalue weighted by Crippen LogP contribution is -2.29. The SMILES string of the molecule is CCCCOC(=O)C1=C(C)NC(C)=C(c2nc(C)no2)[C@@H]1c1cccc(Cl)c1Cl. The molecule has 1 N–H and O–H groups in total. The molecule has 1 aliphatic heterocycles. The third kappa shape index (κ3) is 4.33. The Morgan fingerprint density at radius 1 is 1.24 bits per heavy atom. The average molecular weight is 436 g/mol. The standard InChI is InChI=1S/C21H23Cl2N3O3/c1-5-6-10-28-21(27)17-12(3)24-11(2)16(20-25-13(4)26-29-20)18(17)14-8-7-9-15(22)19(14)23/h7-9,18,24H,5-6,10H2,1-4H3/t18-/m0/s1. The number of halogens is 2. The molecule has 0 radical (unpaired) electrons. The number of benzene rings is 1. The van der Waals surface area contributed by atoms with Gasteiger partial charge >= 0.3 is 5.97 Å². The van der Waals surface area contributed by atoms with Gasteiger partial charge in [-0.15, -0.1) is 0 Å². The summed E-state index contributed by atoms with van der Waals surface area (Å²) in [6, 6.07) is 5.34. The van der Waals surface area contributed by atoms with Crippen molar-refractivity contribution in [3.8, 4) is 0 Å². The fraction of sp³-hybridized carbons (Fsp3) is 0.381. The van der Waals surface area contributed by atoms with Crippen molar-refractivity contribution in [3.63, 3.8) is 0 Å². The first-order valence-electron chi connectivity index (χ1n) is 9.45. The Balaban J connectivity index is 2.17. The van der Waals surface area contributed by atoms with E-state index in [0.29, 0.717) is 50.8 Å². The van der Waals surface area contributed by atoms with Crippen molar-refractivity contribution in [2.24, 2.45) is 0 Å². The summed E-state index contributed by atoms with van der Waals surface area (Å²) >= 11 is 12.8. The van der Waals surface area contributed by atoms with Crippen LogP contribution in [0.3, 0.4) is 0 Å². The number of hydrogen-bond donors (Lipinski definition) is 1. The Morgan fingerprint density at radius 3 is 2.66 bits per heavy atom. The van der Waals surface area contributed by atoms with Gasteiger partial charge in [0.1, 0.15) is 0 Å². The molecule has 0 unspecified atom stereocenters. The van der Waals surface area contributed by atoms with Crippen molar-refractivity contribution < 1.29 is 14.1 Å². The second kappa shape index (κ2) is 9.01. The average Bonchev–Trinajstić information content (AvgIpc) is 3.09. The summed E-state index contributed by atoms with van der Waals surface area (Å²) < 4.78 is 11.0. The molecule has 0 fully saturated rings. The molecule has 0 amide bonds. The molecule has 0 aliphatic carbocycles. The van der Waals surface area contributed by atoms with Crippen LogP contribution in [0.15, 0.2) is 39.7 Å². The van der Waals surface area contributed by atoms with E-state index in [-0.39, 0.29) is 0 Å². The number of carbonyl (C=O) groups is 1. The van der Waals surface area contributed by atoms with Gasteiger partial charge < -0.3 is 14.6 Å². The second-order valence-electron chi connectivity index (χ2n) is 6.91. The number of allylic oxidation sites excluding steroid dienone is 3. The minimum absolute atomic E-state index is 0.319. The van der Waals surface area contributed by atoms with E-state index in [4.69, 9.17) is 32.5 Å². The van der Waals surface area contributed by atoms with E-state index >= 15 is 0 Å². The Bertz CT molecular complexity index is 995. The van der Waals surface area contributed by atoms with E-state index in [1.54, 1.807) is 19.1 Å². The third-order valence-corrected chi connectivity index (χ3v) is 5.60. The van der Waals surface area contributed by atoms with Crippen LogP contribution >= 0.6 is 23.2 Å². The van der Waals surface area contributed by atoms with Gasteiger partial charge in [-0.2, -0.15) is 4.98 Å². The van der Waals surface area contributed by atoms with Crippen molar-refractivity contribution in [3.05, 3.63) is 62.5 Å². The molecular formula is C21H23Cl2N3O3. The first kappa shape index (κ1) is 21.4. The van der Waals surface area contributed by atoms with Gasteiger partial charge in [-0.3, -0.25) is 0 Å². The maximum absolute atomic E-state index is 13.1. The monoisotopic (exact) mass is 435 g/mol. The molecule has 1 aromatic heterocycles. The van der Waals surface area contributed by atoms with Gasteiger partial charge in [0.05, 0.1) is 28.1 Å². The Morgan fingerprint density at radius 2 is 2.00 bits per heavy atom. The lowest BCUT2D eigenvalue weighted by atomic mass is 9.80. The number of aryl methyl sites for hydroxylation is 1. The third-order valence-electron chi connectivity index (χ3n) is 4.76. The highest BCUT2D eigenvalue weighted by atomic mass is 35.5. The van der Waals surface area contributed by atoms with Crippen LogP contribution < -0.4 is 5.32 Å². The highest BCUT2D eigenvalue weighted by Crippen LogP contribution is 2.46. The molecule has 154 valence electrons. The van der Waals surface area contributed by atoms with Gasteiger partial charge in [0.25, 0.3) is 5.89 Å². The molecule has 0 spiro atoms. The molecule has 3 rings (SSSR count). The van der Waals surface area contributed by atoms with E-state index in [0.717, 1.165) is 18.5 Å². The lowest BCUT2D eigenvalue weighted by Gasteiger charge is -2.30. The van der Waals surface area contributed by atoms with Crippen LogP contribution in [-0.2, 0) is 9.53 Å². The van der Waals surface area contributed by atoms with Gasteiger partial charge in [-0.05, 0) is 38.8 Å². The predicted molar refractivity (Wildman–Crippen MR) is 113 cm³/mol. The number of dihydropyridines is 1. The first-order valence-corrected chi connectivity index (χ1v) is 10.2. The van der Waals surface area contributed by atoms with Crippen LogP contribution in [0, 0.1) is 6.92 Å². The molecule has 0 saturated carbocycles. The lowest BCUT2D eigenvalue weighted by molar-refractivity contribution is -0.139. The summed E-state index contributed by atoms with van der Waals surface area (Å²) in [5.74, 6) is -0.156. The normalized spacial score (nSPS) is 16.8. The smallest absolute Gasteiger partial charge is 0.336 e. The minimum Gasteiger partial charge on any atom is -0.462 e. The molecular weight excluding hydrogens is 413 g/mol. The van der Waals surface area contributed by atoms with Crippen LogP contribution in [0.25, 0.3) is 5.57 Å². The van der Waals surface area contributed by atoms with Crippen LogP contribution in [0.5, 0.6) is 0 Å². The maximum atomic E-state index is 13.1. The van der Waals surface area contributed by atoms with Gasteiger partial charge in [-0.25, -0.2) is 4.79 Å². The predicted octanol–water partition coefficient (Wildman–Crippen LogP) is 5.42. The van der Waals surface area contributed by atoms with E-state index in [9.17, 15) is 4.79 Å². The highest BCUT2D eigenvalue weighted by molar-refractivity contribution is 6.42. The van der Waals surface area contributed by atoms with Crippen molar-refractivity contribution in [2.45, 2.75) is 46.5 Å². The second-order valence-corrected chi connectivity index (χ2v) is 7.70. The molecule has 1 aromatic carbocycles. The summed E-state index contributed by atoms with van der Waals surface area (Å²) in [4.78, 5) is 17.4. The molecule has 2 heterocycles. The minimum atomic E-state index is -0.559. The number of hydrogen-bond acceptors (Lipinski definition) is 6. The Hall–Kier alpha value is -2.31. The van der Waals surface area contributed by atoms with Gasteiger partial charge in [0.15, 0.2) is 5.82 Å². The summed E-state index contributed by atoms with van der Waals surface area (Å²) in [6.45, 7) is 7.85. The van der Waals surface area contributed by atoms with Gasteiger partial charge in [0.2, 0.25) is 0 Å². The molecule has 1 aliphatic rings. The van der Waals surface area contributed by atoms with E-state index in [1.165, 1.54) is 0 Å². The summed E-state index contributed by atoms with van der Waals surface area (Å²) in [5.41, 5.74) is 3.26. The Kier molecular flexibility index (Phi) is 6.65. The largest absolute Gasteiger partial charge is 0.462 e. The highest BCUT2D eigenvalue weighted by Gasteiger charge is 2.38. The molecule has 0 bridgehead atoms. The van der Waals surface area contributed by atoms with Crippen LogP contribution in [-0.4, -0.2) is 22.7 Å². The summed E-state index contributed by atoms with van der Waals surface area (Å²) in [6.07, 6.45) is 1.72. The number of aromatic nitrogens is 2. The molecule has 6 nitrogen and oxygen atoms in total. The fourth-order valence-electron chi connectivity index (χ4n) is 3.40. The first-order chi connectivity index (χ1) is 13.8. The van der Waals surface area contributed by atoms with Crippen LogP contribution in [0.4, 0.5) is 0 Å². The van der Waals surface area contributed by atoms with Crippen LogP contribution in [0.2, 0.25) is 10.0 Å². The van der Waals surface area contributed by atoms with Crippen molar-refractivity contribution in [1.82, 2.24) is 15.5 Å². The number of ether oxygens (including phenoxy) is 1. The quantitative estimate of drug-likeness (QED) is 0.481. The van der Waals surface area contributed by atoms with E-state index in [2.05, 4.69) is 15.5 Å².